The summed E-state index contributed by atoms with van der Waals surface area (Å²) in [5, 5.41) is 6.61. The predicted molar refractivity (Wildman–Crippen MR) is 114 cm³/mol. The zero-order valence-electron chi connectivity index (χ0n) is 16.4. The molecule has 148 valence electrons. The quantitative estimate of drug-likeness (QED) is 0.706. The molecule has 0 amide bonds. The van der Waals surface area contributed by atoms with Crippen LogP contribution in [0.4, 0.5) is 29.0 Å². The van der Waals surface area contributed by atoms with E-state index >= 15 is 0 Å². The van der Waals surface area contributed by atoms with Crippen molar-refractivity contribution in [1.82, 2.24) is 25.3 Å². The SMILES string of the molecule is CC1CN(c2cccnc2)c2nc(Nc3ccc(N4CCNCC4)cn3)ncc21. The monoisotopic (exact) mass is 388 g/mol. The number of nitrogens with one attached hydrogen (secondary N) is 2. The first-order valence-electron chi connectivity index (χ1n) is 10.0. The number of piperazine rings is 1. The number of pyridine rings is 2. The summed E-state index contributed by atoms with van der Waals surface area (Å²) in [7, 11) is 0. The van der Waals surface area contributed by atoms with Gasteiger partial charge in [0.25, 0.3) is 0 Å². The van der Waals surface area contributed by atoms with Gasteiger partial charge in [0.15, 0.2) is 0 Å². The van der Waals surface area contributed by atoms with Gasteiger partial charge < -0.3 is 20.4 Å². The van der Waals surface area contributed by atoms with Crippen LogP contribution in [-0.4, -0.2) is 52.7 Å². The van der Waals surface area contributed by atoms with E-state index in [-0.39, 0.29) is 0 Å². The van der Waals surface area contributed by atoms with Gasteiger partial charge in [0.1, 0.15) is 11.6 Å². The number of rotatable bonds is 4. The van der Waals surface area contributed by atoms with Crippen molar-refractivity contribution in [3.05, 3.63) is 54.6 Å². The third-order valence-corrected chi connectivity index (χ3v) is 5.47. The van der Waals surface area contributed by atoms with Crippen molar-refractivity contribution in [1.29, 1.82) is 0 Å². The van der Waals surface area contributed by atoms with Crippen molar-refractivity contribution in [2.75, 3.05) is 47.8 Å². The second-order valence-corrected chi connectivity index (χ2v) is 7.46. The van der Waals surface area contributed by atoms with Crippen LogP contribution in [0.15, 0.2) is 49.1 Å². The summed E-state index contributed by atoms with van der Waals surface area (Å²) in [5.41, 5.74) is 3.34. The van der Waals surface area contributed by atoms with E-state index in [0.717, 1.165) is 61.3 Å². The van der Waals surface area contributed by atoms with Crippen LogP contribution in [0.25, 0.3) is 0 Å². The summed E-state index contributed by atoms with van der Waals surface area (Å²) in [4.78, 5) is 22.6. The molecule has 5 heterocycles. The third-order valence-electron chi connectivity index (χ3n) is 5.47. The fourth-order valence-electron chi connectivity index (χ4n) is 3.89. The highest BCUT2D eigenvalue weighted by Gasteiger charge is 2.29. The number of anilines is 5. The van der Waals surface area contributed by atoms with Gasteiger partial charge in [-0.1, -0.05) is 6.92 Å². The minimum atomic E-state index is 0.371. The minimum Gasteiger partial charge on any atom is -0.368 e. The molecule has 1 saturated heterocycles. The maximum absolute atomic E-state index is 4.79. The van der Waals surface area contributed by atoms with Gasteiger partial charge in [-0.15, -0.1) is 0 Å². The number of aromatic nitrogens is 4. The van der Waals surface area contributed by atoms with E-state index in [9.17, 15) is 0 Å². The number of fused-ring (bicyclic) bond motifs is 1. The van der Waals surface area contributed by atoms with Crippen LogP contribution in [0.5, 0.6) is 0 Å². The van der Waals surface area contributed by atoms with E-state index < -0.39 is 0 Å². The van der Waals surface area contributed by atoms with Gasteiger partial charge in [0.05, 0.1) is 23.8 Å². The molecule has 2 aliphatic rings. The number of hydrogen-bond donors (Lipinski definition) is 2. The van der Waals surface area contributed by atoms with E-state index in [1.165, 1.54) is 0 Å². The molecule has 2 N–H and O–H groups in total. The molecular formula is C21H24N8. The molecule has 8 heteroatoms. The highest BCUT2D eigenvalue weighted by atomic mass is 15.3. The lowest BCUT2D eigenvalue weighted by molar-refractivity contribution is 0.589. The molecular weight excluding hydrogens is 364 g/mol. The van der Waals surface area contributed by atoms with Gasteiger partial charge in [-0.05, 0) is 24.3 Å². The largest absolute Gasteiger partial charge is 0.368 e. The Hall–Kier alpha value is -3.26. The molecule has 0 radical (unpaired) electrons. The van der Waals surface area contributed by atoms with Crippen LogP contribution in [0.2, 0.25) is 0 Å². The minimum absolute atomic E-state index is 0.371. The van der Waals surface area contributed by atoms with Gasteiger partial charge in [-0.2, -0.15) is 4.98 Å². The van der Waals surface area contributed by atoms with Crippen molar-refractivity contribution >= 4 is 29.0 Å². The van der Waals surface area contributed by atoms with Gasteiger partial charge in [0, 0.05) is 56.6 Å². The normalized spacial score (nSPS) is 18.6. The molecule has 0 saturated carbocycles. The van der Waals surface area contributed by atoms with Gasteiger partial charge in [0.2, 0.25) is 5.95 Å². The summed E-state index contributed by atoms with van der Waals surface area (Å²) in [6.45, 7) is 7.10. The fourth-order valence-corrected chi connectivity index (χ4v) is 3.89. The molecule has 1 fully saturated rings. The summed E-state index contributed by atoms with van der Waals surface area (Å²) in [6.07, 6.45) is 7.48. The maximum atomic E-state index is 4.79. The second-order valence-electron chi connectivity index (χ2n) is 7.46. The highest BCUT2D eigenvalue weighted by Crippen LogP contribution is 2.39. The lowest BCUT2D eigenvalue weighted by atomic mass is 10.1. The van der Waals surface area contributed by atoms with Crippen molar-refractivity contribution < 1.29 is 0 Å². The number of hydrogen-bond acceptors (Lipinski definition) is 8. The Balaban J connectivity index is 1.36. The Bertz CT molecular complexity index is 970. The molecule has 8 nitrogen and oxygen atoms in total. The number of nitrogens with zero attached hydrogens (tertiary/aromatic N) is 6. The van der Waals surface area contributed by atoms with Gasteiger partial charge in [-0.3, -0.25) is 4.98 Å². The average Bonchev–Trinajstić information content (AvgIpc) is 3.11. The van der Waals surface area contributed by atoms with Crippen molar-refractivity contribution in [2.45, 2.75) is 12.8 Å². The van der Waals surface area contributed by atoms with Crippen LogP contribution in [0.1, 0.15) is 18.4 Å². The van der Waals surface area contributed by atoms with E-state index in [1.807, 2.05) is 30.7 Å². The molecule has 3 aromatic heterocycles. The van der Waals surface area contributed by atoms with E-state index in [1.54, 1.807) is 6.20 Å². The zero-order chi connectivity index (χ0) is 19.6. The van der Waals surface area contributed by atoms with Crippen molar-refractivity contribution in [3.8, 4) is 0 Å². The Morgan fingerprint density at radius 2 is 1.93 bits per heavy atom. The van der Waals surface area contributed by atoms with Gasteiger partial charge >= 0.3 is 0 Å². The van der Waals surface area contributed by atoms with Crippen molar-refractivity contribution in [2.24, 2.45) is 0 Å². The first kappa shape index (κ1) is 17.8. The smallest absolute Gasteiger partial charge is 0.230 e. The zero-order valence-corrected chi connectivity index (χ0v) is 16.4. The molecule has 1 atom stereocenters. The highest BCUT2D eigenvalue weighted by molar-refractivity contribution is 5.68. The Kier molecular flexibility index (Phi) is 4.69. The lowest BCUT2D eigenvalue weighted by Gasteiger charge is -2.29. The molecule has 0 bridgehead atoms. The summed E-state index contributed by atoms with van der Waals surface area (Å²) < 4.78 is 0. The van der Waals surface area contributed by atoms with Crippen molar-refractivity contribution in [3.63, 3.8) is 0 Å². The maximum Gasteiger partial charge on any atom is 0.230 e. The van der Waals surface area contributed by atoms with Crippen LogP contribution in [0, 0.1) is 0 Å². The predicted octanol–water partition coefficient (Wildman–Crippen LogP) is 2.68. The standard InChI is InChI=1S/C21H24N8/c1-15-14-29(17-3-2-6-23-11-17)20-18(15)13-25-21(27-20)26-19-5-4-16(12-24-19)28-9-7-22-8-10-28/h2-6,11-13,15,22H,7-10,14H2,1H3,(H,24,25,26,27). The topological polar surface area (TPSA) is 82.1 Å². The Morgan fingerprint density at radius 3 is 2.69 bits per heavy atom. The molecule has 29 heavy (non-hydrogen) atoms. The Labute approximate surface area is 170 Å². The molecule has 3 aromatic rings. The Morgan fingerprint density at radius 1 is 1.03 bits per heavy atom. The molecule has 0 aliphatic carbocycles. The molecule has 2 aliphatic heterocycles. The first-order chi connectivity index (χ1) is 14.3. The molecule has 0 spiro atoms. The molecule has 5 rings (SSSR count). The van der Waals surface area contributed by atoms with Crippen LogP contribution >= 0.6 is 0 Å². The van der Waals surface area contributed by atoms with Crippen LogP contribution < -0.4 is 20.4 Å². The average molecular weight is 388 g/mol. The van der Waals surface area contributed by atoms with Crippen LogP contribution in [0.3, 0.4) is 0 Å². The van der Waals surface area contributed by atoms with Crippen LogP contribution in [-0.2, 0) is 0 Å². The molecule has 1 unspecified atom stereocenters. The van der Waals surface area contributed by atoms with Gasteiger partial charge in [-0.25, -0.2) is 9.97 Å². The first-order valence-corrected chi connectivity index (χ1v) is 10.0. The fraction of sp³-hybridized carbons (Fsp3) is 0.333. The summed E-state index contributed by atoms with van der Waals surface area (Å²) in [5.74, 6) is 2.59. The van der Waals surface area contributed by atoms with E-state index in [4.69, 9.17) is 4.98 Å². The third kappa shape index (κ3) is 3.58. The lowest BCUT2D eigenvalue weighted by Crippen LogP contribution is -2.43. The molecule has 0 aromatic carbocycles. The summed E-state index contributed by atoms with van der Waals surface area (Å²) >= 11 is 0. The summed E-state index contributed by atoms with van der Waals surface area (Å²) in [6, 6.07) is 8.08. The second kappa shape index (κ2) is 7.63. The van der Waals surface area contributed by atoms with E-state index in [2.05, 4.69) is 54.4 Å². The van der Waals surface area contributed by atoms with E-state index in [0.29, 0.717) is 11.9 Å².